The Morgan fingerprint density at radius 2 is 2.36 bits per heavy atom. The molecular formula is C11H19NO2. The lowest BCUT2D eigenvalue weighted by molar-refractivity contribution is -0.0970. The molecule has 3 heteroatoms. The van der Waals surface area contributed by atoms with Crippen LogP contribution in [0, 0.1) is 0 Å². The van der Waals surface area contributed by atoms with Gasteiger partial charge in [-0.2, -0.15) is 0 Å². The molecule has 0 aromatic heterocycles. The maximum Gasteiger partial charge on any atom is 0.112 e. The van der Waals surface area contributed by atoms with Crippen LogP contribution < -0.4 is 5.32 Å². The van der Waals surface area contributed by atoms with Gasteiger partial charge >= 0.3 is 0 Å². The van der Waals surface area contributed by atoms with Crippen molar-refractivity contribution in [1.82, 2.24) is 5.32 Å². The second-order valence-corrected chi connectivity index (χ2v) is 4.09. The predicted molar refractivity (Wildman–Crippen MR) is 55.1 cm³/mol. The first kappa shape index (κ1) is 9.99. The Bertz CT molecular complexity index is 228. The average molecular weight is 197 g/mol. The topological polar surface area (TPSA) is 30.5 Å². The van der Waals surface area contributed by atoms with E-state index < -0.39 is 0 Å². The van der Waals surface area contributed by atoms with Crippen molar-refractivity contribution in [3.63, 3.8) is 0 Å². The molecule has 1 saturated carbocycles. The van der Waals surface area contributed by atoms with E-state index in [1.807, 2.05) is 7.05 Å². The van der Waals surface area contributed by atoms with Gasteiger partial charge in [-0.15, -0.1) is 0 Å². The van der Waals surface area contributed by atoms with E-state index in [-0.39, 0.29) is 11.6 Å². The Kier molecular flexibility index (Phi) is 2.79. The standard InChI is InChI=1S/C11H19NO2/c1-12-10(9-5-3-8-14-9)11(13-2)6-4-7-11/h5,10,12H,3-4,6-8H2,1-2H3. The molecular weight excluding hydrogens is 178 g/mol. The Hall–Kier alpha value is -0.540. The number of hydrogen-bond donors (Lipinski definition) is 1. The second-order valence-electron chi connectivity index (χ2n) is 4.09. The summed E-state index contributed by atoms with van der Waals surface area (Å²) in [5, 5.41) is 3.32. The summed E-state index contributed by atoms with van der Waals surface area (Å²) < 4.78 is 11.3. The van der Waals surface area contributed by atoms with Crippen LogP contribution in [-0.2, 0) is 9.47 Å². The zero-order valence-electron chi connectivity index (χ0n) is 9.01. The van der Waals surface area contributed by atoms with Gasteiger partial charge in [-0.25, -0.2) is 0 Å². The maximum absolute atomic E-state index is 5.66. The number of nitrogens with one attached hydrogen (secondary N) is 1. The molecule has 1 fully saturated rings. The van der Waals surface area contributed by atoms with Gasteiger partial charge in [0.1, 0.15) is 5.76 Å². The molecule has 1 aliphatic heterocycles. The van der Waals surface area contributed by atoms with E-state index in [2.05, 4.69) is 11.4 Å². The molecule has 1 aliphatic carbocycles. The maximum atomic E-state index is 5.66. The first-order valence-electron chi connectivity index (χ1n) is 5.38. The van der Waals surface area contributed by atoms with Crippen LogP contribution in [0.25, 0.3) is 0 Å². The van der Waals surface area contributed by atoms with Crippen molar-refractivity contribution in [2.75, 3.05) is 20.8 Å². The van der Waals surface area contributed by atoms with Gasteiger partial charge in [-0.05, 0) is 32.4 Å². The highest BCUT2D eigenvalue weighted by Gasteiger charge is 2.46. The second kappa shape index (κ2) is 3.91. The number of likely N-dealkylation sites (N-methyl/N-ethyl adjacent to an activating group) is 1. The van der Waals surface area contributed by atoms with Crippen LogP contribution in [0.2, 0.25) is 0 Å². The Labute approximate surface area is 85.5 Å². The van der Waals surface area contributed by atoms with Crippen molar-refractivity contribution in [3.8, 4) is 0 Å². The van der Waals surface area contributed by atoms with Gasteiger partial charge in [-0.3, -0.25) is 0 Å². The molecule has 0 aromatic rings. The molecule has 1 atom stereocenters. The van der Waals surface area contributed by atoms with Crippen molar-refractivity contribution in [2.24, 2.45) is 0 Å². The highest BCUT2D eigenvalue weighted by Crippen LogP contribution is 2.41. The average Bonchev–Trinajstić information content (AvgIpc) is 2.63. The zero-order chi connectivity index (χ0) is 10.0. The fourth-order valence-electron chi connectivity index (χ4n) is 2.44. The normalized spacial score (nSPS) is 26.3. The minimum Gasteiger partial charge on any atom is -0.496 e. The summed E-state index contributed by atoms with van der Waals surface area (Å²) >= 11 is 0. The molecule has 3 nitrogen and oxygen atoms in total. The van der Waals surface area contributed by atoms with Gasteiger partial charge in [0, 0.05) is 13.5 Å². The molecule has 0 aromatic carbocycles. The Balaban J connectivity index is 2.11. The third-order valence-corrected chi connectivity index (χ3v) is 3.44. The lowest BCUT2D eigenvalue weighted by atomic mass is 9.73. The van der Waals surface area contributed by atoms with Gasteiger partial charge < -0.3 is 14.8 Å². The number of hydrogen-bond acceptors (Lipinski definition) is 3. The summed E-state index contributed by atoms with van der Waals surface area (Å²) in [4.78, 5) is 0. The summed E-state index contributed by atoms with van der Waals surface area (Å²) in [7, 11) is 3.78. The Morgan fingerprint density at radius 3 is 2.71 bits per heavy atom. The number of ether oxygens (including phenoxy) is 2. The molecule has 0 spiro atoms. The first-order chi connectivity index (χ1) is 6.82. The van der Waals surface area contributed by atoms with Crippen LogP contribution >= 0.6 is 0 Å². The third-order valence-electron chi connectivity index (χ3n) is 3.44. The van der Waals surface area contributed by atoms with Crippen LogP contribution in [0.1, 0.15) is 25.7 Å². The van der Waals surface area contributed by atoms with E-state index in [0.29, 0.717) is 0 Å². The first-order valence-corrected chi connectivity index (χ1v) is 5.38. The van der Waals surface area contributed by atoms with Gasteiger partial charge in [0.05, 0.1) is 18.2 Å². The number of rotatable bonds is 4. The van der Waals surface area contributed by atoms with E-state index in [1.54, 1.807) is 7.11 Å². The van der Waals surface area contributed by atoms with E-state index in [0.717, 1.165) is 31.6 Å². The van der Waals surface area contributed by atoms with E-state index in [4.69, 9.17) is 9.47 Å². The van der Waals surface area contributed by atoms with Crippen molar-refractivity contribution in [1.29, 1.82) is 0 Å². The summed E-state index contributed by atoms with van der Waals surface area (Å²) in [6.07, 6.45) is 6.75. The predicted octanol–water partition coefficient (Wildman–Crippen LogP) is 1.45. The molecule has 80 valence electrons. The van der Waals surface area contributed by atoms with Crippen LogP contribution in [0.4, 0.5) is 0 Å². The lowest BCUT2D eigenvalue weighted by Crippen LogP contribution is -2.56. The molecule has 1 heterocycles. The monoisotopic (exact) mass is 197 g/mol. The third kappa shape index (κ3) is 1.44. The van der Waals surface area contributed by atoms with Crippen LogP contribution in [0.15, 0.2) is 11.8 Å². The molecule has 2 aliphatic rings. The highest BCUT2D eigenvalue weighted by atomic mass is 16.5. The smallest absolute Gasteiger partial charge is 0.112 e. The quantitative estimate of drug-likeness (QED) is 0.740. The zero-order valence-corrected chi connectivity index (χ0v) is 9.01. The highest BCUT2D eigenvalue weighted by molar-refractivity contribution is 5.17. The summed E-state index contributed by atoms with van der Waals surface area (Å²) in [6.45, 7) is 0.827. The van der Waals surface area contributed by atoms with Crippen molar-refractivity contribution < 1.29 is 9.47 Å². The van der Waals surface area contributed by atoms with Crippen LogP contribution in [0.3, 0.4) is 0 Å². The molecule has 0 radical (unpaired) electrons. The van der Waals surface area contributed by atoms with E-state index in [9.17, 15) is 0 Å². The van der Waals surface area contributed by atoms with Gasteiger partial charge in [0.25, 0.3) is 0 Å². The fraction of sp³-hybridized carbons (Fsp3) is 0.818. The van der Waals surface area contributed by atoms with Crippen molar-refractivity contribution in [3.05, 3.63) is 11.8 Å². The summed E-state index contributed by atoms with van der Waals surface area (Å²) in [5.41, 5.74) is -0.00900. The minimum atomic E-state index is -0.00900. The summed E-state index contributed by atoms with van der Waals surface area (Å²) in [6, 6.07) is 0.240. The fourth-order valence-corrected chi connectivity index (χ4v) is 2.44. The van der Waals surface area contributed by atoms with Crippen LogP contribution in [-0.4, -0.2) is 32.4 Å². The van der Waals surface area contributed by atoms with Crippen molar-refractivity contribution in [2.45, 2.75) is 37.3 Å². The van der Waals surface area contributed by atoms with Gasteiger partial charge in [0.2, 0.25) is 0 Å². The molecule has 2 rings (SSSR count). The Morgan fingerprint density at radius 1 is 1.57 bits per heavy atom. The van der Waals surface area contributed by atoms with E-state index >= 15 is 0 Å². The molecule has 0 bridgehead atoms. The van der Waals surface area contributed by atoms with Gasteiger partial charge in [0.15, 0.2) is 0 Å². The minimum absolute atomic E-state index is 0.00900. The summed E-state index contributed by atoms with van der Waals surface area (Å²) in [5.74, 6) is 1.08. The molecule has 0 saturated heterocycles. The van der Waals surface area contributed by atoms with Gasteiger partial charge in [-0.1, -0.05) is 0 Å². The van der Waals surface area contributed by atoms with Crippen molar-refractivity contribution >= 4 is 0 Å². The number of methoxy groups -OCH3 is 1. The van der Waals surface area contributed by atoms with Crippen LogP contribution in [0.5, 0.6) is 0 Å². The molecule has 1 N–H and O–H groups in total. The lowest BCUT2D eigenvalue weighted by Gasteiger charge is -2.46. The van der Waals surface area contributed by atoms with E-state index in [1.165, 1.54) is 6.42 Å². The largest absolute Gasteiger partial charge is 0.496 e. The molecule has 1 unspecified atom stereocenters. The SMILES string of the molecule is CNC(C1=CCCO1)C1(OC)CCC1. The molecule has 0 amide bonds. The molecule has 14 heavy (non-hydrogen) atoms.